The summed E-state index contributed by atoms with van der Waals surface area (Å²) in [5.74, 6) is -0.0844. The number of rotatable bonds is 7. The van der Waals surface area contributed by atoms with Gasteiger partial charge >= 0.3 is 0 Å². The first-order valence-electron chi connectivity index (χ1n) is 8.53. The molecule has 3 rings (SSSR count). The molecule has 2 aromatic rings. The van der Waals surface area contributed by atoms with Crippen molar-refractivity contribution in [3.8, 4) is 5.75 Å². The molecule has 0 aliphatic heterocycles. The van der Waals surface area contributed by atoms with E-state index in [9.17, 15) is 14.0 Å². The Kier molecular flexibility index (Phi) is 5.51. The van der Waals surface area contributed by atoms with Crippen LogP contribution in [0, 0.1) is 5.82 Å². The summed E-state index contributed by atoms with van der Waals surface area (Å²) in [5.41, 5.74) is 1.34. The van der Waals surface area contributed by atoms with Gasteiger partial charge in [0.1, 0.15) is 11.6 Å². The first-order valence-corrected chi connectivity index (χ1v) is 8.53. The maximum absolute atomic E-state index is 13.0. The summed E-state index contributed by atoms with van der Waals surface area (Å²) in [6.07, 6.45) is 1.92. The Morgan fingerprint density at radius 3 is 2.35 bits per heavy atom. The molecule has 0 radical (unpaired) electrons. The topological polar surface area (TPSA) is 58.6 Å². The first kappa shape index (κ1) is 17.9. The van der Waals surface area contributed by atoms with Gasteiger partial charge in [0.2, 0.25) is 5.91 Å². The zero-order valence-corrected chi connectivity index (χ0v) is 14.6. The van der Waals surface area contributed by atoms with Crippen LogP contribution in [0.3, 0.4) is 0 Å². The number of halogens is 1. The molecule has 0 spiro atoms. The molecule has 5 nitrogen and oxygen atoms in total. The summed E-state index contributed by atoms with van der Waals surface area (Å²) in [7, 11) is 1.56. The molecule has 26 heavy (non-hydrogen) atoms. The predicted molar refractivity (Wildman–Crippen MR) is 95.3 cm³/mol. The molecule has 1 fully saturated rings. The normalized spacial score (nSPS) is 13.2. The Morgan fingerprint density at radius 1 is 1.12 bits per heavy atom. The summed E-state index contributed by atoms with van der Waals surface area (Å²) >= 11 is 0. The van der Waals surface area contributed by atoms with Crippen molar-refractivity contribution in [2.24, 2.45) is 0 Å². The van der Waals surface area contributed by atoms with E-state index in [1.807, 2.05) is 0 Å². The number of benzene rings is 2. The van der Waals surface area contributed by atoms with Crippen molar-refractivity contribution in [3.63, 3.8) is 0 Å². The van der Waals surface area contributed by atoms with E-state index in [1.54, 1.807) is 48.4 Å². The molecule has 2 aromatic carbocycles. The van der Waals surface area contributed by atoms with Crippen LogP contribution in [0.4, 0.5) is 4.39 Å². The Hall–Kier alpha value is -2.89. The number of amides is 2. The summed E-state index contributed by atoms with van der Waals surface area (Å²) in [6, 6.07) is 13.0. The van der Waals surface area contributed by atoms with Gasteiger partial charge in [0, 0.05) is 18.2 Å². The molecule has 1 aliphatic carbocycles. The standard InChI is InChI=1S/C20H21FN2O3/c1-26-18-10-4-15(5-11-18)20(25)22-12-19(24)23(17-8-9-17)13-14-2-6-16(21)7-3-14/h2-7,10-11,17H,8-9,12-13H2,1H3,(H,22,25). The molecule has 6 heteroatoms. The van der Waals surface area contributed by atoms with Crippen molar-refractivity contribution in [1.29, 1.82) is 0 Å². The van der Waals surface area contributed by atoms with E-state index >= 15 is 0 Å². The lowest BCUT2D eigenvalue weighted by atomic mass is 10.2. The highest BCUT2D eigenvalue weighted by atomic mass is 19.1. The van der Waals surface area contributed by atoms with Crippen LogP contribution < -0.4 is 10.1 Å². The van der Waals surface area contributed by atoms with Crippen molar-refractivity contribution in [2.75, 3.05) is 13.7 Å². The van der Waals surface area contributed by atoms with Crippen LogP contribution in [0.15, 0.2) is 48.5 Å². The molecule has 0 unspecified atom stereocenters. The summed E-state index contributed by atoms with van der Waals surface area (Å²) in [4.78, 5) is 26.5. The van der Waals surface area contributed by atoms with Gasteiger partial charge in [-0.3, -0.25) is 9.59 Å². The van der Waals surface area contributed by atoms with Crippen LogP contribution in [-0.2, 0) is 11.3 Å². The van der Waals surface area contributed by atoms with Crippen LogP contribution in [0.2, 0.25) is 0 Å². The average Bonchev–Trinajstić information content (AvgIpc) is 3.50. The Morgan fingerprint density at radius 2 is 1.77 bits per heavy atom. The van der Waals surface area contributed by atoms with E-state index in [0.717, 1.165) is 18.4 Å². The highest BCUT2D eigenvalue weighted by Gasteiger charge is 2.32. The molecule has 0 aromatic heterocycles. The van der Waals surface area contributed by atoms with Crippen molar-refractivity contribution in [3.05, 3.63) is 65.5 Å². The van der Waals surface area contributed by atoms with Crippen molar-refractivity contribution in [2.45, 2.75) is 25.4 Å². The number of ether oxygens (including phenoxy) is 1. The number of methoxy groups -OCH3 is 1. The molecular formula is C20H21FN2O3. The molecule has 1 aliphatic rings. The van der Waals surface area contributed by atoms with Gasteiger partial charge in [-0.25, -0.2) is 4.39 Å². The number of hydrogen-bond acceptors (Lipinski definition) is 3. The molecule has 2 amide bonds. The number of nitrogens with one attached hydrogen (secondary N) is 1. The minimum absolute atomic E-state index is 0.0669. The number of carbonyl (C=O) groups is 2. The molecule has 1 N–H and O–H groups in total. The predicted octanol–water partition coefficient (Wildman–Crippen LogP) is 2.76. The van der Waals surface area contributed by atoms with Crippen molar-refractivity contribution in [1.82, 2.24) is 10.2 Å². The minimum atomic E-state index is -0.307. The largest absolute Gasteiger partial charge is 0.497 e. The third-order valence-electron chi connectivity index (χ3n) is 4.33. The van der Waals surface area contributed by atoms with Crippen LogP contribution in [0.1, 0.15) is 28.8 Å². The summed E-state index contributed by atoms with van der Waals surface area (Å²) in [5, 5.41) is 2.66. The zero-order chi connectivity index (χ0) is 18.5. The highest BCUT2D eigenvalue weighted by molar-refractivity contribution is 5.96. The van der Waals surface area contributed by atoms with E-state index in [0.29, 0.717) is 17.9 Å². The molecule has 0 bridgehead atoms. The fraction of sp³-hybridized carbons (Fsp3) is 0.300. The van der Waals surface area contributed by atoms with Crippen LogP contribution in [0.25, 0.3) is 0 Å². The highest BCUT2D eigenvalue weighted by Crippen LogP contribution is 2.28. The van der Waals surface area contributed by atoms with Gasteiger partial charge in [-0.05, 0) is 54.8 Å². The third-order valence-corrected chi connectivity index (χ3v) is 4.33. The van der Waals surface area contributed by atoms with Gasteiger partial charge < -0.3 is 15.0 Å². The van der Waals surface area contributed by atoms with Crippen molar-refractivity contribution >= 4 is 11.8 Å². The van der Waals surface area contributed by atoms with E-state index in [2.05, 4.69) is 5.32 Å². The molecule has 1 saturated carbocycles. The van der Waals surface area contributed by atoms with Crippen molar-refractivity contribution < 1.29 is 18.7 Å². The van der Waals surface area contributed by atoms with E-state index < -0.39 is 0 Å². The first-order chi connectivity index (χ1) is 12.6. The minimum Gasteiger partial charge on any atom is -0.497 e. The second-order valence-electron chi connectivity index (χ2n) is 6.29. The van der Waals surface area contributed by atoms with Gasteiger partial charge in [0.25, 0.3) is 5.91 Å². The fourth-order valence-corrected chi connectivity index (χ4v) is 2.70. The summed E-state index contributed by atoms with van der Waals surface area (Å²) < 4.78 is 18.1. The maximum Gasteiger partial charge on any atom is 0.251 e. The van der Waals surface area contributed by atoms with E-state index in [4.69, 9.17) is 4.74 Å². The number of carbonyl (C=O) groups excluding carboxylic acids is 2. The van der Waals surface area contributed by atoms with E-state index in [1.165, 1.54) is 12.1 Å². The van der Waals surface area contributed by atoms with Gasteiger partial charge in [0.05, 0.1) is 13.7 Å². The number of hydrogen-bond donors (Lipinski definition) is 1. The summed E-state index contributed by atoms with van der Waals surface area (Å²) in [6.45, 7) is 0.352. The van der Waals surface area contributed by atoms with Gasteiger partial charge in [-0.1, -0.05) is 12.1 Å². The van der Waals surface area contributed by atoms with Gasteiger partial charge in [-0.15, -0.1) is 0 Å². The monoisotopic (exact) mass is 356 g/mol. The second kappa shape index (κ2) is 7.99. The quantitative estimate of drug-likeness (QED) is 0.830. The lowest BCUT2D eigenvalue weighted by molar-refractivity contribution is -0.131. The molecular weight excluding hydrogens is 335 g/mol. The lowest BCUT2D eigenvalue weighted by Gasteiger charge is -2.23. The van der Waals surface area contributed by atoms with Crippen LogP contribution in [-0.4, -0.2) is 36.4 Å². The number of nitrogens with zero attached hydrogens (tertiary/aromatic N) is 1. The smallest absolute Gasteiger partial charge is 0.251 e. The third kappa shape index (κ3) is 4.59. The molecule has 0 heterocycles. The fourth-order valence-electron chi connectivity index (χ4n) is 2.70. The lowest BCUT2D eigenvalue weighted by Crippen LogP contribution is -2.41. The Balaban J connectivity index is 1.57. The van der Waals surface area contributed by atoms with Gasteiger partial charge in [-0.2, -0.15) is 0 Å². The average molecular weight is 356 g/mol. The van der Waals surface area contributed by atoms with Crippen LogP contribution >= 0.6 is 0 Å². The van der Waals surface area contributed by atoms with Crippen LogP contribution in [0.5, 0.6) is 5.75 Å². The van der Waals surface area contributed by atoms with E-state index in [-0.39, 0.29) is 30.2 Å². The van der Waals surface area contributed by atoms with Gasteiger partial charge in [0.15, 0.2) is 0 Å². The maximum atomic E-state index is 13.0. The zero-order valence-electron chi connectivity index (χ0n) is 14.6. The SMILES string of the molecule is COc1ccc(C(=O)NCC(=O)N(Cc2ccc(F)cc2)C2CC2)cc1. The molecule has 136 valence electrons. The second-order valence-corrected chi connectivity index (χ2v) is 6.29. The molecule has 0 atom stereocenters. The molecule has 0 saturated heterocycles. The Labute approximate surface area is 151 Å². The Bertz CT molecular complexity index is 771.